The normalized spacial score (nSPS) is 13.2. The summed E-state index contributed by atoms with van der Waals surface area (Å²) in [6.07, 6.45) is 0.776. The van der Waals surface area contributed by atoms with Crippen molar-refractivity contribution in [3.8, 4) is 0 Å². The zero-order valence-electron chi connectivity index (χ0n) is 13.4. The molecular weight excluding hydrogens is 310 g/mol. The molecule has 0 heterocycles. The molecule has 0 fully saturated rings. The van der Waals surface area contributed by atoms with Gasteiger partial charge in [-0.3, -0.25) is 0 Å². The van der Waals surface area contributed by atoms with E-state index in [0.29, 0.717) is 12.2 Å². The number of nitrogens with one attached hydrogen (secondary N) is 1. The summed E-state index contributed by atoms with van der Waals surface area (Å²) in [5, 5.41) is 0. The van der Waals surface area contributed by atoms with Gasteiger partial charge in [0, 0.05) is 18.3 Å². The molecule has 0 aliphatic carbocycles. The maximum Gasteiger partial charge on any atom is 0.240 e. The minimum atomic E-state index is -3.53. The molecule has 0 aliphatic rings. The van der Waals surface area contributed by atoms with Gasteiger partial charge in [-0.15, -0.1) is 0 Å². The molecule has 23 heavy (non-hydrogen) atoms. The van der Waals surface area contributed by atoms with Crippen LogP contribution in [0.25, 0.3) is 0 Å². The van der Waals surface area contributed by atoms with E-state index in [2.05, 4.69) is 4.72 Å². The lowest BCUT2D eigenvalue weighted by molar-refractivity contribution is 0.291. The van der Waals surface area contributed by atoms with Gasteiger partial charge in [0.15, 0.2) is 0 Å². The molecule has 0 amide bonds. The maximum atomic E-state index is 12.4. The van der Waals surface area contributed by atoms with Gasteiger partial charge in [-0.1, -0.05) is 30.3 Å². The van der Waals surface area contributed by atoms with Crippen LogP contribution in [0.15, 0.2) is 59.5 Å². The van der Waals surface area contributed by atoms with Crippen molar-refractivity contribution in [2.24, 2.45) is 0 Å². The molecule has 2 rings (SSSR count). The lowest BCUT2D eigenvalue weighted by Gasteiger charge is -2.24. The largest absolute Gasteiger partial charge is 0.399 e. The van der Waals surface area contributed by atoms with Crippen molar-refractivity contribution in [1.82, 2.24) is 9.62 Å². The summed E-state index contributed by atoms with van der Waals surface area (Å²) in [5.41, 5.74) is 7.32. The third-order valence-corrected chi connectivity index (χ3v) is 5.18. The molecule has 1 atom stereocenters. The van der Waals surface area contributed by atoms with Gasteiger partial charge >= 0.3 is 0 Å². The first-order valence-electron chi connectivity index (χ1n) is 7.44. The Hall–Kier alpha value is -1.89. The van der Waals surface area contributed by atoms with Gasteiger partial charge < -0.3 is 10.6 Å². The van der Waals surface area contributed by atoms with Crippen LogP contribution in [-0.4, -0.2) is 40.0 Å². The SMILES string of the molecule is CN(C)C(CNS(=O)(=O)c1ccc(N)cc1)Cc1ccccc1. The van der Waals surface area contributed by atoms with E-state index in [4.69, 9.17) is 5.73 Å². The van der Waals surface area contributed by atoms with Crippen LogP contribution in [-0.2, 0) is 16.4 Å². The highest BCUT2D eigenvalue weighted by molar-refractivity contribution is 7.89. The van der Waals surface area contributed by atoms with Crippen LogP contribution in [0.2, 0.25) is 0 Å². The van der Waals surface area contributed by atoms with Crippen LogP contribution < -0.4 is 10.5 Å². The molecule has 5 nitrogen and oxygen atoms in total. The quantitative estimate of drug-likeness (QED) is 0.757. The fourth-order valence-corrected chi connectivity index (χ4v) is 3.33. The standard InChI is InChI=1S/C17H23N3O2S/c1-20(2)16(12-14-6-4-3-5-7-14)13-19-23(21,22)17-10-8-15(18)9-11-17/h3-11,16,19H,12-13,18H2,1-2H3. The van der Waals surface area contributed by atoms with Gasteiger partial charge in [0.2, 0.25) is 10.0 Å². The highest BCUT2D eigenvalue weighted by atomic mass is 32.2. The van der Waals surface area contributed by atoms with E-state index in [0.717, 1.165) is 6.42 Å². The van der Waals surface area contributed by atoms with Crippen LogP contribution in [0.3, 0.4) is 0 Å². The smallest absolute Gasteiger partial charge is 0.240 e. The number of likely N-dealkylation sites (N-methyl/N-ethyl adjacent to an activating group) is 1. The molecule has 0 aromatic heterocycles. The minimum Gasteiger partial charge on any atom is -0.399 e. The Morgan fingerprint density at radius 1 is 1.04 bits per heavy atom. The van der Waals surface area contributed by atoms with E-state index in [1.807, 2.05) is 49.3 Å². The number of sulfonamides is 1. The molecule has 0 radical (unpaired) electrons. The van der Waals surface area contributed by atoms with Gasteiger partial charge in [0.1, 0.15) is 0 Å². The maximum absolute atomic E-state index is 12.4. The number of nitrogen functional groups attached to an aromatic ring is 1. The van der Waals surface area contributed by atoms with Crippen molar-refractivity contribution in [2.75, 3.05) is 26.4 Å². The third kappa shape index (κ3) is 5.06. The number of anilines is 1. The zero-order valence-corrected chi connectivity index (χ0v) is 14.3. The van der Waals surface area contributed by atoms with Gasteiger partial charge in [-0.2, -0.15) is 0 Å². The summed E-state index contributed by atoms with van der Waals surface area (Å²) in [7, 11) is 0.369. The average molecular weight is 333 g/mol. The molecule has 0 aliphatic heterocycles. The Bertz CT molecular complexity index is 713. The summed E-state index contributed by atoms with van der Waals surface area (Å²) in [6, 6.07) is 16.3. The second-order valence-electron chi connectivity index (χ2n) is 5.73. The second-order valence-corrected chi connectivity index (χ2v) is 7.50. The van der Waals surface area contributed by atoms with Crippen molar-refractivity contribution in [1.29, 1.82) is 0 Å². The number of rotatable bonds is 7. The van der Waals surface area contributed by atoms with Gasteiger partial charge in [-0.05, 0) is 50.3 Å². The van der Waals surface area contributed by atoms with Crippen molar-refractivity contribution in [3.05, 3.63) is 60.2 Å². The number of hydrogen-bond donors (Lipinski definition) is 2. The molecule has 124 valence electrons. The Labute approximate surface area is 138 Å². The first kappa shape index (κ1) is 17.5. The molecule has 0 saturated carbocycles. The summed E-state index contributed by atoms with van der Waals surface area (Å²) in [4.78, 5) is 2.25. The second kappa shape index (κ2) is 7.59. The highest BCUT2D eigenvalue weighted by Crippen LogP contribution is 2.12. The van der Waals surface area contributed by atoms with E-state index in [1.54, 1.807) is 12.1 Å². The molecule has 2 aromatic carbocycles. The average Bonchev–Trinajstić information content (AvgIpc) is 2.52. The summed E-state index contributed by atoms with van der Waals surface area (Å²) in [6.45, 7) is 0.342. The molecule has 6 heteroatoms. The number of hydrogen-bond acceptors (Lipinski definition) is 4. The van der Waals surface area contributed by atoms with Gasteiger partial charge in [0.05, 0.1) is 4.90 Å². The first-order chi connectivity index (χ1) is 10.9. The van der Waals surface area contributed by atoms with Crippen LogP contribution in [0.5, 0.6) is 0 Å². The van der Waals surface area contributed by atoms with E-state index >= 15 is 0 Å². The van der Waals surface area contributed by atoms with Crippen molar-refractivity contribution in [3.63, 3.8) is 0 Å². The Morgan fingerprint density at radius 2 is 1.65 bits per heavy atom. The highest BCUT2D eigenvalue weighted by Gasteiger charge is 2.18. The molecule has 3 N–H and O–H groups in total. The molecule has 2 aromatic rings. The Kier molecular flexibility index (Phi) is 5.76. The summed E-state index contributed by atoms with van der Waals surface area (Å²) in [5.74, 6) is 0. The van der Waals surface area contributed by atoms with E-state index in [-0.39, 0.29) is 10.9 Å². The fourth-order valence-electron chi connectivity index (χ4n) is 2.26. The number of benzene rings is 2. The molecule has 0 bridgehead atoms. The first-order valence-corrected chi connectivity index (χ1v) is 8.92. The zero-order chi connectivity index (χ0) is 16.9. The van der Waals surface area contributed by atoms with E-state index in [1.165, 1.54) is 17.7 Å². The van der Waals surface area contributed by atoms with Gasteiger partial charge in [0.25, 0.3) is 0 Å². The van der Waals surface area contributed by atoms with Crippen molar-refractivity contribution in [2.45, 2.75) is 17.4 Å². The fraction of sp³-hybridized carbons (Fsp3) is 0.294. The van der Waals surface area contributed by atoms with Crippen molar-refractivity contribution < 1.29 is 8.42 Å². The predicted octanol–water partition coefficient (Wildman–Crippen LogP) is 1.72. The van der Waals surface area contributed by atoms with E-state index in [9.17, 15) is 8.42 Å². The predicted molar refractivity (Wildman–Crippen MR) is 93.7 cm³/mol. The topological polar surface area (TPSA) is 75.4 Å². The lowest BCUT2D eigenvalue weighted by Crippen LogP contribution is -2.41. The summed E-state index contributed by atoms with van der Waals surface area (Å²) >= 11 is 0. The lowest BCUT2D eigenvalue weighted by atomic mass is 10.1. The van der Waals surface area contributed by atoms with Gasteiger partial charge in [-0.25, -0.2) is 13.1 Å². The minimum absolute atomic E-state index is 0.0703. The molecule has 1 unspecified atom stereocenters. The third-order valence-electron chi connectivity index (χ3n) is 3.74. The molecule has 0 saturated heterocycles. The molecule has 0 spiro atoms. The Balaban J connectivity index is 2.04. The van der Waals surface area contributed by atoms with Crippen LogP contribution in [0.1, 0.15) is 5.56 Å². The number of nitrogens with zero attached hydrogens (tertiary/aromatic N) is 1. The van der Waals surface area contributed by atoms with Crippen LogP contribution in [0.4, 0.5) is 5.69 Å². The number of nitrogens with two attached hydrogens (primary N) is 1. The van der Waals surface area contributed by atoms with E-state index < -0.39 is 10.0 Å². The molecular formula is C17H23N3O2S. The van der Waals surface area contributed by atoms with Crippen LogP contribution in [0, 0.1) is 0 Å². The Morgan fingerprint density at radius 3 is 2.22 bits per heavy atom. The summed E-state index contributed by atoms with van der Waals surface area (Å²) < 4.78 is 27.4. The monoisotopic (exact) mass is 333 g/mol. The van der Waals surface area contributed by atoms with Crippen LogP contribution >= 0.6 is 0 Å². The van der Waals surface area contributed by atoms with Crippen molar-refractivity contribution >= 4 is 15.7 Å².